The molecule has 2 heterocycles. The Morgan fingerprint density at radius 3 is 2.61 bits per heavy atom. The van der Waals surface area contributed by atoms with E-state index >= 15 is 0 Å². The zero-order chi connectivity index (χ0) is 20.8. The molecule has 1 N–H and O–H groups in total. The first-order valence-electron chi connectivity index (χ1n) is 8.06. The third-order valence-corrected chi connectivity index (χ3v) is 5.33. The van der Waals surface area contributed by atoms with Gasteiger partial charge in [-0.3, -0.25) is 4.79 Å². The topological polar surface area (TPSA) is 72.0 Å². The minimum absolute atomic E-state index is 0.0604. The van der Waals surface area contributed by atoms with Crippen LogP contribution in [0.2, 0.25) is 0 Å². The largest absolute Gasteiger partial charge is 0.451 e. The predicted molar refractivity (Wildman–Crippen MR) is 94.9 cm³/mol. The fourth-order valence-corrected chi connectivity index (χ4v) is 3.65. The van der Waals surface area contributed by atoms with Gasteiger partial charge in [0.25, 0.3) is 5.56 Å². The fraction of sp³-hybridized carbons (Fsp3) is 0.278. The minimum Gasteiger partial charge on any atom is -0.451 e. The summed E-state index contributed by atoms with van der Waals surface area (Å²) in [6.45, 7) is 5.06. The molecule has 0 radical (unpaired) electrons. The Hall–Kier alpha value is -2.75. The maximum atomic E-state index is 13.4. The quantitative estimate of drug-likeness (QED) is 0.499. The molecule has 0 unspecified atom stereocenters. The van der Waals surface area contributed by atoms with Crippen LogP contribution in [0.5, 0.6) is 0 Å². The molecule has 3 rings (SSSR count). The van der Waals surface area contributed by atoms with Crippen LogP contribution >= 0.6 is 11.3 Å². The number of hydrogen-bond donors (Lipinski definition) is 1. The van der Waals surface area contributed by atoms with Crippen molar-refractivity contribution in [2.75, 3.05) is 0 Å². The molecule has 148 valence electrons. The molecule has 0 saturated heterocycles. The van der Waals surface area contributed by atoms with Crippen molar-refractivity contribution in [1.82, 2.24) is 9.97 Å². The van der Waals surface area contributed by atoms with Gasteiger partial charge < -0.3 is 9.72 Å². The second kappa shape index (κ2) is 7.01. The van der Waals surface area contributed by atoms with Crippen LogP contribution in [0.1, 0.15) is 45.2 Å². The molecule has 3 aromatic rings. The highest BCUT2D eigenvalue weighted by atomic mass is 32.1. The number of aromatic nitrogens is 2. The summed E-state index contributed by atoms with van der Waals surface area (Å²) in [7, 11) is 0. The van der Waals surface area contributed by atoms with Gasteiger partial charge in [0.15, 0.2) is 11.9 Å². The fourth-order valence-electron chi connectivity index (χ4n) is 2.62. The van der Waals surface area contributed by atoms with E-state index in [0.29, 0.717) is 22.3 Å². The Bertz CT molecular complexity index is 1130. The average molecular weight is 414 g/mol. The molecule has 1 aromatic carbocycles. The number of H-pyrrole nitrogens is 1. The van der Waals surface area contributed by atoms with E-state index in [1.54, 1.807) is 6.92 Å². The van der Waals surface area contributed by atoms with E-state index in [4.69, 9.17) is 4.74 Å². The highest BCUT2D eigenvalue weighted by Crippen LogP contribution is 2.32. The Kier molecular flexibility index (Phi) is 5.00. The lowest BCUT2D eigenvalue weighted by molar-refractivity contribution is -0.140. The summed E-state index contributed by atoms with van der Waals surface area (Å²) in [5.74, 6) is -2.53. The van der Waals surface area contributed by atoms with Gasteiger partial charge in [-0.25, -0.2) is 14.2 Å². The van der Waals surface area contributed by atoms with Gasteiger partial charge in [0.2, 0.25) is 0 Å². The molecule has 0 aliphatic heterocycles. The number of nitrogens with zero attached hydrogens (tertiary/aromatic N) is 1. The summed E-state index contributed by atoms with van der Waals surface area (Å²) in [6, 6.07) is 1.83. The summed E-state index contributed by atoms with van der Waals surface area (Å²) in [6.07, 6.45) is -5.98. The van der Waals surface area contributed by atoms with Crippen molar-refractivity contribution in [2.45, 2.75) is 33.1 Å². The van der Waals surface area contributed by atoms with Crippen LogP contribution in [-0.2, 0) is 10.9 Å². The van der Waals surface area contributed by atoms with Crippen molar-refractivity contribution in [3.8, 4) is 0 Å². The van der Waals surface area contributed by atoms with Gasteiger partial charge in [-0.1, -0.05) is 0 Å². The molecule has 0 aliphatic rings. The first-order valence-corrected chi connectivity index (χ1v) is 8.88. The van der Waals surface area contributed by atoms with Gasteiger partial charge in [0, 0.05) is 4.88 Å². The SMILES string of the molecule is Cc1sc2nc([C@H](C)OC(=O)c3ccc(F)c(C(F)(F)F)c3)[nH]c(=O)c2c1C. The molecule has 0 amide bonds. The summed E-state index contributed by atoms with van der Waals surface area (Å²) < 4.78 is 56.9. The highest BCUT2D eigenvalue weighted by molar-refractivity contribution is 7.18. The molecule has 0 fully saturated rings. The maximum absolute atomic E-state index is 13.4. The number of aryl methyl sites for hydroxylation is 2. The number of carbonyl (C=O) groups excluding carboxylic acids is 1. The lowest BCUT2D eigenvalue weighted by atomic mass is 10.1. The van der Waals surface area contributed by atoms with Crippen LogP contribution in [0.15, 0.2) is 23.0 Å². The number of carbonyl (C=O) groups is 1. The normalized spacial score (nSPS) is 13.0. The predicted octanol–water partition coefficient (Wildman–Crippen LogP) is 4.68. The average Bonchev–Trinajstić information content (AvgIpc) is 2.88. The minimum atomic E-state index is -4.95. The van der Waals surface area contributed by atoms with E-state index in [1.165, 1.54) is 18.3 Å². The number of ether oxygens (including phenoxy) is 1. The second-order valence-electron chi connectivity index (χ2n) is 6.15. The van der Waals surface area contributed by atoms with E-state index in [1.807, 2.05) is 6.92 Å². The third kappa shape index (κ3) is 3.64. The van der Waals surface area contributed by atoms with Crippen molar-refractivity contribution >= 4 is 27.5 Å². The molecule has 2 aromatic heterocycles. The number of rotatable bonds is 3. The number of benzene rings is 1. The van der Waals surface area contributed by atoms with Crippen LogP contribution in [0, 0.1) is 19.7 Å². The summed E-state index contributed by atoms with van der Waals surface area (Å²) in [4.78, 5) is 32.7. The molecule has 10 heteroatoms. The van der Waals surface area contributed by atoms with E-state index in [2.05, 4.69) is 9.97 Å². The zero-order valence-corrected chi connectivity index (χ0v) is 15.7. The Morgan fingerprint density at radius 1 is 1.29 bits per heavy atom. The van der Waals surface area contributed by atoms with E-state index in [-0.39, 0.29) is 5.82 Å². The van der Waals surface area contributed by atoms with Crippen LogP contribution in [0.25, 0.3) is 10.2 Å². The summed E-state index contributed by atoms with van der Waals surface area (Å²) in [5, 5.41) is 0.443. The Morgan fingerprint density at radius 2 is 1.96 bits per heavy atom. The number of nitrogens with one attached hydrogen (secondary N) is 1. The molecular formula is C18H14F4N2O3S. The molecule has 28 heavy (non-hydrogen) atoms. The van der Waals surface area contributed by atoms with Gasteiger partial charge in [-0.2, -0.15) is 13.2 Å². The standard InChI is InChI=1S/C18H14F4N2O3S/c1-7-9(3)28-16-13(7)15(25)23-14(24-16)8(2)27-17(26)10-4-5-12(19)11(6-10)18(20,21)22/h4-6,8H,1-3H3,(H,23,24,25)/t8-/m0/s1. The molecule has 1 atom stereocenters. The van der Waals surface area contributed by atoms with E-state index < -0.39 is 40.8 Å². The number of fused-ring (bicyclic) bond motifs is 1. The highest BCUT2D eigenvalue weighted by Gasteiger charge is 2.35. The lowest BCUT2D eigenvalue weighted by Gasteiger charge is -2.14. The van der Waals surface area contributed by atoms with E-state index in [9.17, 15) is 27.2 Å². The third-order valence-electron chi connectivity index (χ3n) is 4.23. The van der Waals surface area contributed by atoms with Gasteiger partial charge in [0.05, 0.1) is 16.5 Å². The molecule has 0 aliphatic carbocycles. The molecule has 0 bridgehead atoms. The molecule has 5 nitrogen and oxygen atoms in total. The van der Waals surface area contributed by atoms with Crippen LogP contribution in [0.4, 0.5) is 17.6 Å². The zero-order valence-electron chi connectivity index (χ0n) is 14.9. The molecule has 0 spiro atoms. The Balaban J connectivity index is 1.89. The number of thiophene rings is 1. The first kappa shape index (κ1) is 20.0. The van der Waals surface area contributed by atoms with Gasteiger partial charge in [0.1, 0.15) is 10.6 Å². The van der Waals surface area contributed by atoms with Crippen LogP contribution in [0.3, 0.4) is 0 Å². The number of alkyl halides is 3. The van der Waals surface area contributed by atoms with Crippen molar-refractivity contribution in [3.63, 3.8) is 0 Å². The monoisotopic (exact) mass is 414 g/mol. The first-order chi connectivity index (χ1) is 13.0. The van der Waals surface area contributed by atoms with Gasteiger partial charge >= 0.3 is 12.1 Å². The van der Waals surface area contributed by atoms with Gasteiger partial charge in [-0.15, -0.1) is 11.3 Å². The smallest absolute Gasteiger partial charge is 0.419 e. The van der Waals surface area contributed by atoms with Crippen LogP contribution in [-0.4, -0.2) is 15.9 Å². The van der Waals surface area contributed by atoms with Crippen molar-refractivity contribution in [2.24, 2.45) is 0 Å². The number of halogens is 4. The van der Waals surface area contributed by atoms with Crippen LogP contribution < -0.4 is 5.56 Å². The number of hydrogen-bond acceptors (Lipinski definition) is 5. The second-order valence-corrected chi connectivity index (χ2v) is 7.36. The van der Waals surface area contributed by atoms with Crippen molar-refractivity contribution < 1.29 is 27.1 Å². The number of esters is 1. The summed E-state index contributed by atoms with van der Waals surface area (Å²) >= 11 is 1.31. The van der Waals surface area contributed by atoms with Crippen molar-refractivity contribution in [3.05, 3.63) is 61.8 Å². The molecular weight excluding hydrogens is 400 g/mol. The van der Waals surface area contributed by atoms with E-state index in [0.717, 1.165) is 16.5 Å². The number of aromatic amines is 1. The lowest BCUT2D eigenvalue weighted by Crippen LogP contribution is -2.18. The molecule has 0 saturated carbocycles. The Labute approximate surface area is 160 Å². The summed E-state index contributed by atoms with van der Waals surface area (Å²) in [5.41, 5.74) is -1.62. The van der Waals surface area contributed by atoms with Gasteiger partial charge in [-0.05, 0) is 44.5 Å². The maximum Gasteiger partial charge on any atom is 0.419 e. The van der Waals surface area contributed by atoms with Crippen molar-refractivity contribution in [1.29, 1.82) is 0 Å².